The molecule has 2 aromatic carbocycles. The largest absolute Gasteiger partial charge is 0.478 e. The summed E-state index contributed by atoms with van der Waals surface area (Å²) in [5, 5.41) is 12.3. The lowest BCUT2D eigenvalue weighted by Crippen LogP contribution is -1.96. The normalized spacial score (nSPS) is 11.2. The zero-order valence-electron chi connectivity index (χ0n) is 10.7. The summed E-state index contributed by atoms with van der Waals surface area (Å²) in [5.74, 6) is -0.549. The minimum absolute atomic E-state index is 0.155. The van der Waals surface area contributed by atoms with Gasteiger partial charge in [0.1, 0.15) is 5.52 Å². The van der Waals surface area contributed by atoms with Gasteiger partial charge in [-0.2, -0.15) is 0 Å². The van der Waals surface area contributed by atoms with Gasteiger partial charge in [-0.3, -0.25) is 0 Å². The van der Waals surface area contributed by atoms with Crippen LogP contribution in [0.15, 0.2) is 52.3 Å². The van der Waals surface area contributed by atoms with Crippen molar-refractivity contribution in [3.05, 3.63) is 53.4 Å². The fourth-order valence-electron chi connectivity index (χ4n) is 2.38. The van der Waals surface area contributed by atoms with Crippen molar-refractivity contribution in [2.45, 2.75) is 0 Å². The van der Waals surface area contributed by atoms with Crippen LogP contribution in [0.25, 0.3) is 32.6 Å². The molecule has 0 radical (unpaired) electrons. The van der Waals surface area contributed by atoms with Crippen molar-refractivity contribution in [3.63, 3.8) is 0 Å². The number of aromatic carboxylic acids is 1. The summed E-state index contributed by atoms with van der Waals surface area (Å²) in [5.41, 5.74) is 1.92. The van der Waals surface area contributed by atoms with Crippen LogP contribution in [0.5, 0.6) is 0 Å². The summed E-state index contributed by atoms with van der Waals surface area (Å²) in [7, 11) is 0. The summed E-state index contributed by atoms with van der Waals surface area (Å²) in [6.45, 7) is 0. The molecule has 5 heteroatoms. The lowest BCUT2D eigenvalue weighted by atomic mass is 10.2. The highest BCUT2D eigenvalue weighted by atomic mass is 32.1. The first-order chi connectivity index (χ1) is 10.2. The number of aromatic nitrogens is 1. The van der Waals surface area contributed by atoms with Crippen molar-refractivity contribution < 1.29 is 14.3 Å². The minimum atomic E-state index is -1.00. The number of hydrogen-bond acceptors (Lipinski definition) is 4. The minimum Gasteiger partial charge on any atom is -0.478 e. The molecule has 2 heterocycles. The molecule has 2 aromatic heterocycles. The Morgan fingerprint density at radius 1 is 1.14 bits per heavy atom. The summed E-state index contributed by atoms with van der Waals surface area (Å²) in [6, 6.07) is 12.9. The molecule has 1 N–H and O–H groups in total. The monoisotopic (exact) mass is 295 g/mol. The Hall–Kier alpha value is -2.66. The van der Waals surface area contributed by atoms with E-state index in [0.717, 1.165) is 15.6 Å². The molecule has 102 valence electrons. The number of rotatable bonds is 2. The van der Waals surface area contributed by atoms with E-state index in [1.807, 2.05) is 29.6 Å². The number of thiophene rings is 1. The molecule has 0 atom stereocenters. The topological polar surface area (TPSA) is 63.3 Å². The van der Waals surface area contributed by atoms with Gasteiger partial charge >= 0.3 is 5.97 Å². The van der Waals surface area contributed by atoms with E-state index < -0.39 is 5.97 Å². The van der Waals surface area contributed by atoms with Crippen LogP contribution in [0.4, 0.5) is 0 Å². The molecule has 4 aromatic rings. The number of fused-ring (bicyclic) bond motifs is 2. The van der Waals surface area contributed by atoms with Gasteiger partial charge in [-0.05, 0) is 18.2 Å². The van der Waals surface area contributed by atoms with Gasteiger partial charge in [-0.1, -0.05) is 24.3 Å². The Bertz CT molecular complexity index is 983. The molecule has 21 heavy (non-hydrogen) atoms. The molecular formula is C16H9NO3S. The molecule has 0 fully saturated rings. The Labute approximate surface area is 123 Å². The lowest BCUT2D eigenvalue weighted by Gasteiger charge is -1.92. The number of para-hydroxylation sites is 1. The molecular weight excluding hydrogens is 286 g/mol. The van der Waals surface area contributed by atoms with Crippen LogP contribution >= 0.6 is 11.3 Å². The molecule has 0 aliphatic carbocycles. The van der Waals surface area contributed by atoms with Crippen LogP contribution in [0, 0.1) is 0 Å². The van der Waals surface area contributed by atoms with Crippen molar-refractivity contribution in [1.29, 1.82) is 0 Å². The molecule has 0 spiro atoms. The van der Waals surface area contributed by atoms with E-state index in [2.05, 4.69) is 4.98 Å². The van der Waals surface area contributed by atoms with Gasteiger partial charge in [0.2, 0.25) is 5.89 Å². The van der Waals surface area contributed by atoms with E-state index in [4.69, 9.17) is 4.42 Å². The maximum Gasteiger partial charge on any atom is 0.338 e. The van der Waals surface area contributed by atoms with E-state index in [1.54, 1.807) is 23.5 Å². The number of nitrogens with zero attached hydrogens (tertiary/aromatic N) is 1. The van der Waals surface area contributed by atoms with Gasteiger partial charge in [-0.15, -0.1) is 11.3 Å². The van der Waals surface area contributed by atoms with Gasteiger partial charge in [0.25, 0.3) is 0 Å². The number of carbonyl (C=O) groups is 1. The molecule has 4 nitrogen and oxygen atoms in total. The van der Waals surface area contributed by atoms with E-state index in [9.17, 15) is 9.90 Å². The molecule has 4 rings (SSSR count). The van der Waals surface area contributed by atoms with E-state index in [0.29, 0.717) is 17.0 Å². The van der Waals surface area contributed by atoms with Crippen molar-refractivity contribution >= 4 is 38.5 Å². The Balaban J connectivity index is 1.99. The summed E-state index contributed by atoms with van der Waals surface area (Å²) >= 11 is 1.61. The van der Waals surface area contributed by atoms with Gasteiger partial charge in [0.05, 0.1) is 11.1 Å². The van der Waals surface area contributed by atoms with Crippen LogP contribution in [-0.4, -0.2) is 16.1 Å². The second-order valence-electron chi connectivity index (χ2n) is 4.62. The molecule has 0 amide bonds. The van der Waals surface area contributed by atoms with E-state index >= 15 is 0 Å². The SMILES string of the molecule is O=C(O)c1cccc2oc(-c3csc4ccccc34)nc12. The van der Waals surface area contributed by atoms with Crippen LogP contribution in [0.3, 0.4) is 0 Å². The molecule has 0 aliphatic heterocycles. The second-order valence-corrected chi connectivity index (χ2v) is 5.53. The van der Waals surface area contributed by atoms with Crippen LogP contribution in [0.2, 0.25) is 0 Å². The number of benzene rings is 2. The standard InChI is InChI=1S/C16H9NO3S/c18-16(19)10-5-3-6-12-14(10)17-15(20-12)11-8-21-13-7-2-1-4-9(11)13/h1-8H,(H,18,19). The molecule has 0 aliphatic rings. The Morgan fingerprint density at radius 2 is 2.00 bits per heavy atom. The smallest absolute Gasteiger partial charge is 0.338 e. The Morgan fingerprint density at radius 3 is 2.86 bits per heavy atom. The highest BCUT2D eigenvalue weighted by molar-refractivity contribution is 7.17. The molecule has 0 bridgehead atoms. The first kappa shape index (κ1) is 12.1. The summed E-state index contributed by atoms with van der Waals surface area (Å²) in [6.07, 6.45) is 0. The second kappa shape index (κ2) is 4.43. The average molecular weight is 295 g/mol. The lowest BCUT2D eigenvalue weighted by molar-refractivity contribution is 0.0699. The summed E-state index contributed by atoms with van der Waals surface area (Å²) in [4.78, 5) is 15.6. The van der Waals surface area contributed by atoms with E-state index in [-0.39, 0.29) is 5.56 Å². The quantitative estimate of drug-likeness (QED) is 0.595. The highest BCUT2D eigenvalue weighted by Gasteiger charge is 2.17. The van der Waals surface area contributed by atoms with Crippen molar-refractivity contribution in [1.82, 2.24) is 4.98 Å². The first-order valence-electron chi connectivity index (χ1n) is 6.33. The number of carboxylic acid groups (broad SMARTS) is 1. The number of hydrogen-bond donors (Lipinski definition) is 1. The van der Waals surface area contributed by atoms with Gasteiger partial charge < -0.3 is 9.52 Å². The Kier molecular flexibility index (Phi) is 2.55. The first-order valence-corrected chi connectivity index (χ1v) is 7.21. The third-order valence-electron chi connectivity index (χ3n) is 3.36. The van der Waals surface area contributed by atoms with E-state index in [1.165, 1.54) is 6.07 Å². The zero-order chi connectivity index (χ0) is 14.4. The fraction of sp³-hybridized carbons (Fsp3) is 0. The van der Waals surface area contributed by atoms with Crippen molar-refractivity contribution in [2.24, 2.45) is 0 Å². The van der Waals surface area contributed by atoms with Crippen LogP contribution < -0.4 is 0 Å². The molecule has 0 unspecified atom stereocenters. The number of carboxylic acids is 1. The maximum absolute atomic E-state index is 11.2. The third-order valence-corrected chi connectivity index (χ3v) is 4.32. The third kappa shape index (κ3) is 1.82. The molecule has 0 saturated carbocycles. The number of oxazole rings is 1. The van der Waals surface area contributed by atoms with Crippen molar-refractivity contribution in [3.8, 4) is 11.5 Å². The zero-order valence-corrected chi connectivity index (χ0v) is 11.6. The predicted molar refractivity (Wildman–Crippen MR) is 81.8 cm³/mol. The summed E-state index contributed by atoms with van der Waals surface area (Å²) < 4.78 is 6.89. The average Bonchev–Trinajstić information content (AvgIpc) is 3.09. The molecule has 0 saturated heterocycles. The maximum atomic E-state index is 11.2. The van der Waals surface area contributed by atoms with Crippen molar-refractivity contribution in [2.75, 3.05) is 0 Å². The van der Waals surface area contributed by atoms with Crippen LogP contribution in [-0.2, 0) is 0 Å². The fourth-order valence-corrected chi connectivity index (χ4v) is 3.31. The van der Waals surface area contributed by atoms with Crippen LogP contribution in [0.1, 0.15) is 10.4 Å². The van der Waals surface area contributed by atoms with Gasteiger partial charge in [0.15, 0.2) is 5.58 Å². The van der Waals surface area contributed by atoms with Gasteiger partial charge in [-0.25, -0.2) is 9.78 Å². The van der Waals surface area contributed by atoms with Gasteiger partial charge in [0, 0.05) is 15.5 Å². The predicted octanol–water partition coefficient (Wildman–Crippen LogP) is 4.41. The highest BCUT2D eigenvalue weighted by Crippen LogP contribution is 2.35.